The summed E-state index contributed by atoms with van der Waals surface area (Å²) in [5.74, 6) is 0.744. The molecule has 1 heterocycles. The zero-order valence-corrected chi connectivity index (χ0v) is 9.09. The third-order valence-electron chi connectivity index (χ3n) is 2.40. The zero-order valence-electron chi connectivity index (χ0n) is 9.09. The fourth-order valence-electron chi connectivity index (χ4n) is 1.37. The molecule has 0 aliphatic heterocycles. The lowest BCUT2D eigenvalue weighted by atomic mass is 10.1. The van der Waals surface area contributed by atoms with Crippen LogP contribution in [0.5, 0.6) is 0 Å². The van der Waals surface area contributed by atoms with E-state index in [1.54, 1.807) is 0 Å². The Balaban J connectivity index is 2.62. The van der Waals surface area contributed by atoms with E-state index in [0.717, 1.165) is 18.9 Å². The summed E-state index contributed by atoms with van der Waals surface area (Å²) >= 11 is 0. The lowest BCUT2D eigenvalue weighted by Crippen LogP contribution is -2.05. The summed E-state index contributed by atoms with van der Waals surface area (Å²) in [5.41, 5.74) is 2.53. The minimum absolute atomic E-state index is 0.744. The van der Waals surface area contributed by atoms with Gasteiger partial charge in [0.1, 0.15) is 6.20 Å². The predicted octanol–water partition coefficient (Wildman–Crippen LogP) is 2.60. The summed E-state index contributed by atoms with van der Waals surface area (Å²) in [6.45, 7) is 9.78. The Morgan fingerprint density at radius 3 is 2.62 bits per heavy atom. The average Bonchev–Trinajstić information content (AvgIpc) is 2.43. The van der Waals surface area contributed by atoms with Crippen molar-refractivity contribution in [3.8, 4) is 0 Å². The van der Waals surface area contributed by atoms with Crippen molar-refractivity contribution in [3.63, 3.8) is 0 Å². The summed E-state index contributed by atoms with van der Waals surface area (Å²) in [4.78, 5) is 0. The largest absolute Gasteiger partial charge is 0.269 e. The Morgan fingerprint density at radius 2 is 2.15 bits per heavy atom. The molecule has 0 amide bonds. The minimum Gasteiger partial charge on any atom is -0.269 e. The first-order valence-electron chi connectivity index (χ1n) is 5.09. The van der Waals surface area contributed by atoms with Crippen LogP contribution in [0.2, 0.25) is 0 Å². The van der Waals surface area contributed by atoms with Crippen molar-refractivity contribution in [2.24, 2.45) is 5.92 Å². The molecule has 1 aromatic rings. The van der Waals surface area contributed by atoms with E-state index in [-0.39, 0.29) is 0 Å². The Kier molecular flexibility index (Phi) is 3.52. The first kappa shape index (κ1) is 10.3. The molecule has 0 saturated heterocycles. The quantitative estimate of drug-likeness (QED) is 0.694. The molecular formula is C11H19N2. The van der Waals surface area contributed by atoms with Crippen LogP contribution in [0.4, 0.5) is 0 Å². The SMILES string of the molecule is CCc1[c]nn(CCC(C)C)c1C. The normalized spacial score (nSPS) is 11.2. The van der Waals surface area contributed by atoms with Crippen molar-refractivity contribution < 1.29 is 0 Å². The number of aromatic nitrogens is 2. The summed E-state index contributed by atoms with van der Waals surface area (Å²) in [6.07, 6.45) is 5.29. The first-order chi connectivity index (χ1) is 6.15. The third kappa shape index (κ3) is 2.58. The molecule has 1 rings (SSSR count). The standard InChI is InChI=1S/C11H19N2/c1-5-11-8-12-13(10(11)4)7-6-9(2)3/h9H,5-7H2,1-4H3. The van der Waals surface area contributed by atoms with Crippen LogP contribution in [0.1, 0.15) is 38.4 Å². The third-order valence-corrected chi connectivity index (χ3v) is 2.40. The molecule has 0 aliphatic rings. The second-order valence-electron chi connectivity index (χ2n) is 3.93. The minimum atomic E-state index is 0.744. The molecule has 0 fully saturated rings. The highest BCUT2D eigenvalue weighted by atomic mass is 15.3. The molecule has 0 bridgehead atoms. The fourth-order valence-corrected chi connectivity index (χ4v) is 1.37. The van der Waals surface area contributed by atoms with Crippen molar-refractivity contribution >= 4 is 0 Å². The Morgan fingerprint density at radius 1 is 1.46 bits per heavy atom. The topological polar surface area (TPSA) is 17.8 Å². The van der Waals surface area contributed by atoms with Crippen LogP contribution in [0, 0.1) is 19.0 Å². The van der Waals surface area contributed by atoms with Gasteiger partial charge in [-0.25, -0.2) is 0 Å². The maximum absolute atomic E-state index is 4.25. The van der Waals surface area contributed by atoms with Crippen molar-refractivity contribution in [1.82, 2.24) is 9.78 Å². The van der Waals surface area contributed by atoms with Crippen LogP contribution in [-0.2, 0) is 13.0 Å². The van der Waals surface area contributed by atoms with Crippen molar-refractivity contribution in [2.45, 2.75) is 47.1 Å². The molecule has 0 unspecified atom stereocenters. The summed E-state index contributed by atoms with van der Waals surface area (Å²) in [6, 6.07) is 0. The fraction of sp³-hybridized carbons (Fsp3) is 0.727. The number of aryl methyl sites for hydroxylation is 2. The van der Waals surface area contributed by atoms with Crippen molar-refractivity contribution in [1.29, 1.82) is 0 Å². The molecule has 13 heavy (non-hydrogen) atoms. The van der Waals surface area contributed by atoms with Gasteiger partial charge in [-0.2, -0.15) is 5.10 Å². The van der Waals surface area contributed by atoms with Crippen LogP contribution in [0.3, 0.4) is 0 Å². The molecule has 2 heteroatoms. The van der Waals surface area contributed by atoms with Crippen LogP contribution >= 0.6 is 0 Å². The summed E-state index contributed by atoms with van der Waals surface area (Å²) in [7, 11) is 0. The average molecular weight is 179 g/mol. The second kappa shape index (κ2) is 4.45. The van der Waals surface area contributed by atoms with E-state index >= 15 is 0 Å². The number of rotatable bonds is 4. The van der Waals surface area contributed by atoms with Crippen molar-refractivity contribution in [3.05, 3.63) is 17.5 Å². The highest BCUT2D eigenvalue weighted by molar-refractivity contribution is 5.14. The van der Waals surface area contributed by atoms with Crippen LogP contribution < -0.4 is 0 Å². The van der Waals surface area contributed by atoms with Crippen LogP contribution in [0.25, 0.3) is 0 Å². The Bertz CT molecular complexity index is 261. The van der Waals surface area contributed by atoms with E-state index in [9.17, 15) is 0 Å². The molecule has 0 spiro atoms. The molecule has 0 saturated carbocycles. The second-order valence-corrected chi connectivity index (χ2v) is 3.93. The first-order valence-corrected chi connectivity index (χ1v) is 5.09. The maximum atomic E-state index is 4.25. The number of nitrogens with zero attached hydrogens (tertiary/aromatic N) is 2. The van der Waals surface area contributed by atoms with E-state index in [1.165, 1.54) is 17.7 Å². The predicted molar refractivity (Wildman–Crippen MR) is 54.6 cm³/mol. The lowest BCUT2D eigenvalue weighted by molar-refractivity contribution is 0.480. The lowest BCUT2D eigenvalue weighted by Gasteiger charge is -2.06. The Labute approximate surface area is 81.0 Å². The van der Waals surface area contributed by atoms with E-state index < -0.39 is 0 Å². The van der Waals surface area contributed by atoms with Gasteiger partial charge in [0.15, 0.2) is 0 Å². The van der Waals surface area contributed by atoms with Gasteiger partial charge in [-0.1, -0.05) is 20.8 Å². The molecule has 2 nitrogen and oxygen atoms in total. The summed E-state index contributed by atoms with van der Waals surface area (Å²) in [5, 5.41) is 4.25. The molecular weight excluding hydrogens is 160 g/mol. The summed E-state index contributed by atoms with van der Waals surface area (Å²) < 4.78 is 2.07. The highest BCUT2D eigenvalue weighted by Crippen LogP contribution is 2.09. The molecule has 1 radical (unpaired) electrons. The van der Waals surface area contributed by atoms with Gasteiger partial charge >= 0.3 is 0 Å². The van der Waals surface area contributed by atoms with Gasteiger partial charge in [0, 0.05) is 17.8 Å². The Hall–Kier alpha value is -0.790. The van der Waals surface area contributed by atoms with Gasteiger partial charge in [0.2, 0.25) is 0 Å². The van der Waals surface area contributed by atoms with Gasteiger partial charge < -0.3 is 0 Å². The van der Waals surface area contributed by atoms with E-state index in [1.807, 2.05) is 0 Å². The monoisotopic (exact) mass is 179 g/mol. The van der Waals surface area contributed by atoms with Gasteiger partial charge in [-0.05, 0) is 25.7 Å². The molecule has 0 N–H and O–H groups in total. The van der Waals surface area contributed by atoms with E-state index in [0.29, 0.717) is 0 Å². The van der Waals surface area contributed by atoms with Gasteiger partial charge in [-0.3, -0.25) is 4.68 Å². The number of hydrogen-bond donors (Lipinski definition) is 0. The molecule has 0 atom stereocenters. The molecule has 0 aromatic carbocycles. The van der Waals surface area contributed by atoms with Gasteiger partial charge in [0.05, 0.1) is 0 Å². The number of hydrogen-bond acceptors (Lipinski definition) is 1. The smallest absolute Gasteiger partial charge is 0.116 e. The zero-order chi connectivity index (χ0) is 9.84. The van der Waals surface area contributed by atoms with Gasteiger partial charge in [0.25, 0.3) is 0 Å². The molecule has 73 valence electrons. The van der Waals surface area contributed by atoms with Crippen LogP contribution in [0.15, 0.2) is 0 Å². The van der Waals surface area contributed by atoms with Gasteiger partial charge in [-0.15, -0.1) is 0 Å². The van der Waals surface area contributed by atoms with Crippen molar-refractivity contribution in [2.75, 3.05) is 0 Å². The van der Waals surface area contributed by atoms with Crippen LogP contribution in [-0.4, -0.2) is 9.78 Å². The molecule has 1 aromatic heterocycles. The van der Waals surface area contributed by atoms with E-state index in [4.69, 9.17) is 0 Å². The van der Waals surface area contributed by atoms with E-state index in [2.05, 4.69) is 43.7 Å². The molecule has 0 aliphatic carbocycles. The highest BCUT2D eigenvalue weighted by Gasteiger charge is 2.05. The maximum Gasteiger partial charge on any atom is 0.116 e.